The van der Waals surface area contributed by atoms with E-state index in [1.807, 2.05) is 13.8 Å². The lowest BCUT2D eigenvalue weighted by atomic mass is 9.40. The van der Waals surface area contributed by atoms with Crippen LogP contribution in [0.3, 0.4) is 0 Å². The molecular weight excluding hydrogens is 478 g/mol. The van der Waals surface area contributed by atoms with Gasteiger partial charge >= 0.3 is 5.97 Å². The molecule has 1 unspecified atom stereocenters. The lowest BCUT2D eigenvalue weighted by Gasteiger charge is -2.71. The van der Waals surface area contributed by atoms with Crippen molar-refractivity contribution in [1.82, 2.24) is 4.90 Å². The Morgan fingerprint density at radius 3 is 2.43 bits per heavy atom. The van der Waals surface area contributed by atoms with Gasteiger partial charge in [0.05, 0.1) is 36.9 Å². The molecule has 3 N–H and O–H groups in total. The Morgan fingerprint density at radius 2 is 1.84 bits per heavy atom. The molecule has 2 saturated heterocycles. The fourth-order valence-electron chi connectivity index (χ4n) is 7.97. The highest BCUT2D eigenvalue weighted by Gasteiger charge is 2.81. The highest BCUT2D eigenvalue weighted by atomic mass is 16.6. The summed E-state index contributed by atoms with van der Waals surface area (Å²) in [6, 6.07) is 0. The molecule has 4 rings (SSSR count). The predicted molar refractivity (Wildman–Crippen MR) is 136 cm³/mol. The molecule has 37 heavy (non-hydrogen) atoms. The number of aliphatic hydroxyl groups is 3. The third-order valence-electron chi connectivity index (χ3n) is 10.0. The second-order valence-corrected chi connectivity index (χ2v) is 13.0. The van der Waals surface area contributed by atoms with Crippen LogP contribution in [0.25, 0.3) is 0 Å². The minimum atomic E-state index is -2.22. The number of hydrogen-bond donors (Lipinski definition) is 3. The second kappa shape index (κ2) is 9.38. The van der Waals surface area contributed by atoms with Crippen molar-refractivity contribution >= 4 is 11.8 Å². The van der Waals surface area contributed by atoms with Gasteiger partial charge in [-0.05, 0) is 32.1 Å². The Bertz CT molecular complexity index is 933. The molecular formula is C28H45NO8. The lowest BCUT2D eigenvalue weighted by Crippen LogP contribution is -2.86. The molecule has 0 bridgehead atoms. The largest absolute Gasteiger partial charge is 0.456 e. The van der Waals surface area contributed by atoms with Gasteiger partial charge in [-0.25, -0.2) is 0 Å². The normalized spacial score (nSPS) is 46.9. The summed E-state index contributed by atoms with van der Waals surface area (Å²) in [5.41, 5.74) is -7.21. The summed E-state index contributed by atoms with van der Waals surface area (Å²) in [4.78, 5) is 29.5. The van der Waals surface area contributed by atoms with Crippen LogP contribution in [-0.4, -0.2) is 99.9 Å². The number of esters is 1. The molecule has 4 aliphatic rings. The maximum atomic E-state index is 14.0. The van der Waals surface area contributed by atoms with Crippen molar-refractivity contribution in [2.45, 2.75) is 95.9 Å². The van der Waals surface area contributed by atoms with Crippen molar-refractivity contribution in [3.05, 3.63) is 12.7 Å². The van der Waals surface area contributed by atoms with Crippen LogP contribution in [0.2, 0.25) is 0 Å². The zero-order valence-electron chi connectivity index (χ0n) is 23.2. The number of aliphatic hydroxyl groups excluding tert-OH is 2. The summed E-state index contributed by atoms with van der Waals surface area (Å²) in [6.45, 7) is 17.5. The van der Waals surface area contributed by atoms with E-state index in [0.29, 0.717) is 45.7 Å². The first-order valence-electron chi connectivity index (χ1n) is 13.5. The molecule has 2 heterocycles. The maximum absolute atomic E-state index is 14.0. The Kier molecular flexibility index (Phi) is 7.26. The highest BCUT2D eigenvalue weighted by molar-refractivity contribution is 5.92. The third kappa shape index (κ3) is 4.12. The first kappa shape index (κ1) is 28.6. The molecule has 2 aliphatic heterocycles. The number of hydrogen-bond acceptors (Lipinski definition) is 9. The fraction of sp³-hybridized carbons (Fsp3) is 0.857. The summed E-state index contributed by atoms with van der Waals surface area (Å²) in [5.74, 6) is -2.32. The van der Waals surface area contributed by atoms with E-state index in [1.54, 1.807) is 20.8 Å². The van der Waals surface area contributed by atoms with E-state index in [2.05, 4.69) is 11.5 Å². The van der Waals surface area contributed by atoms with Crippen molar-refractivity contribution in [1.29, 1.82) is 0 Å². The number of fused-ring (bicyclic) bond motifs is 3. The molecule has 9 heteroatoms. The summed E-state index contributed by atoms with van der Waals surface area (Å²) in [6.07, 6.45) is -1.42. The Balaban J connectivity index is 1.77. The SMILES string of the molecule is C=C[C@@]1(C)CC(=O)[C@]2(O)[C@@]3(C)[C@@H](O)CCC(C)(C)[C@@H]3[C@H](O)[C@H](OC(=O)C(C)CN3CCOCC3)[C@@]2(C)O1. The second-order valence-electron chi connectivity index (χ2n) is 13.0. The standard InChI is InChI=1S/C28H45NO8/c1-8-25(5)15-19(31)28(34)26(6)18(30)9-10-24(3,4)21(26)20(32)22(27(28,7)37-25)36-23(33)17(2)16-29-11-13-35-14-12-29/h8,17-18,20-22,30,32,34H,1,9-16H2,2-7H3/t17?,18-,20-,21-,22-,25-,26-,27+,28-/m0/s1. The number of morpholine rings is 1. The number of Topliss-reactive ketones (excluding diaryl/α,β-unsaturated/α-hetero) is 1. The zero-order valence-corrected chi connectivity index (χ0v) is 23.2. The number of ketones is 1. The number of carbonyl (C=O) groups is 2. The predicted octanol–water partition coefficient (Wildman–Crippen LogP) is 1.47. The van der Waals surface area contributed by atoms with E-state index in [9.17, 15) is 24.9 Å². The van der Waals surface area contributed by atoms with Gasteiger partial charge in [0.2, 0.25) is 0 Å². The van der Waals surface area contributed by atoms with E-state index >= 15 is 0 Å². The maximum Gasteiger partial charge on any atom is 0.310 e. The van der Waals surface area contributed by atoms with Crippen LogP contribution in [0.15, 0.2) is 12.7 Å². The van der Waals surface area contributed by atoms with Gasteiger partial charge in [-0.1, -0.05) is 33.8 Å². The quantitative estimate of drug-likeness (QED) is 0.363. The summed E-state index contributed by atoms with van der Waals surface area (Å²) < 4.78 is 17.9. The fourth-order valence-corrected chi connectivity index (χ4v) is 7.97. The summed E-state index contributed by atoms with van der Waals surface area (Å²) >= 11 is 0. The Morgan fingerprint density at radius 1 is 1.22 bits per heavy atom. The number of ether oxygens (including phenoxy) is 3. The average Bonchev–Trinajstić information content (AvgIpc) is 2.82. The summed E-state index contributed by atoms with van der Waals surface area (Å²) in [7, 11) is 0. The molecule has 210 valence electrons. The van der Waals surface area contributed by atoms with Gasteiger partial charge in [0.25, 0.3) is 0 Å². The molecule has 2 saturated carbocycles. The van der Waals surface area contributed by atoms with Crippen molar-refractivity contribution in [3.8, 4) is 0 Å². The number of nitrogens with zero attached hydrogens (tertiary/aromatic N) is 1. The smallest absolute Gasteiger partial charge is 0.310 e. The van der Waals surface area contributed by atoms with Crippen LogP contribution < -0.4 is 0 Å². The van der Waals surface area contributed by atoms with Crippen molar-refractivity contribution in [3.63, 3.8) is 0 Å². The molecule has 0 aromatic heterocycles. The minimum Gasteiger partial charge on any atom is -0.456 e. The van der Waals surface area contributed by atoms with Crippen LogP contribution in [0, 0.1) is 22.7 Å². The van der Waals surface area contributed by atoms with Gasteiger partial charge in [0, 0.05) is 37.4 Å². The average molecular weight is 524 g/mol. The topological polar surface area (TPSA) is 126 Å². The molecule has 9 nitrogen and oxygen atoms in total. The molecule has 0 spiro atoms. The first-order valence-corrected chi connectivity index (χ1v) is 13.5. The van der Waals surface area contributed by atoms with Gasteiger partial charge < -0.3 is 29.5 Å². The van der Waals surface area contributed by atoms with E-state index in [1.165, 1.54) is 13.0 Å². The van der Waals surface area contributed by atoms with Crippen LogP contribution >= 0.6 is 0 Å². The van der Waals surface area contributed by atoms with Crippen molar-refractivity contribution in [2.24, 2.45) is 22.7 Å². The highest BCUT2D eigenvalue weighted by Crippen LogP contribution is 2.67. The van der Waals surface area contributed by atoms with E-state index in [0.717, 1.165) is 0 Å². The van der Waals surface area contributed by atoms with Gasteiger partial charge in [0.15, 0.2) is 17.5 Å². The zero-order chi connectivity index (χ0) is 27.6. The van der Waals surface area contributed by atoms with E-state index in [-0.39, 0.29) is 6.42 Å². The first-order chi connectivity index (χ1) is 17.1. The molecule has 0 radical (unpaired) electrons. The third-order valence-corrected chi connectivity index (χ3v) is 10.0. The molecule has 0 amide bonds. The molecule has 0 aromatic carbocycles. The molecule has 4 fully saturated rings. The Labute approximate surface area is 220 Å². The molecule has 9 atom stereocenters. The van der Waals surface area contributed by atoms with Crippen LogP contribution in [0.5, 0.6) is 0 Å². The van der Waals surface area contributed by atoms with Gasteiger partial charge in [-0.15, -0.1) is 6.58 Å². The van der Waals surface area contributed by atoms with Crippen LogP contribution in [-0.2, 0) is 23.8 Å². The van der Waals surface area contributed by atoms with Crippen LogP contribution in [0.4, 0.5) is 0 Å². The van der Waals surface area contributed by atoms with E-state index < -0.39 is 69.5 Å². The van der Waals surface area contributed by atoms with E-state index in [4.69, 9.17) is 14.2 Å². The summed E-state index contributed by atoms with van der Waals surface area (Å²) in [5, 5.41) is 35.8. The number of carbonyl (C=O) groups excluding carboxylic acids is 2. The van der Waals surface area contributed by atoms with Crippen LogP contribution in [0.1, 0.15) is 60.8 Å². The molecule has 2 aliphatic carbocycles. The number of rotatable bonds is 5. The van der Waals surface area contributed by atoms with Gasteiger partial charge in [-0.3, -0.25) is 14.5 Å². The lowest BCUT2D eigenvalue weighted by molar-refractivity contribution is -0.371. The van der Waals surface area contributed by atoms with Crippen molar-refractivity contribution < 1.29 is 39.1 Å². The van der Waals surface area contributed by atoms with Gasteiger partial charge in [-0.2, -0.15) is 0 Å². The monoisotopic (exact) mass is 523 g/mol. The molecule has 0 aromatic rings. The Hall–Kier alpha value is -1.36. The minimum absolute atomic E-state index is 0.151. The van der Waals surface area contributed by atoms with Crippen molar-refractivity contribution in [2.75, 3.05) is 32.8 Å². The van der Waals surface area contributed by atoms with Gasteiger partial charge in [0.1, 0.15) is 5.60 Å².